The van der Waals surface area contributed by atoms with E-state index in [1.165, 1.54) is 12.8 Å². The molecular formula is C17H27N3O. The summed E-state index contributed by atoms with van der Waals surface area (Å²) in [6.45, 7) is 7.15. The second-order valence-corrected chi connectivity index (χ2v) is 6.18. The molecule has 0 spiro atoms. The lowest BCUT2D eigenvalue weighted by Gasteiger charge is -2.35. The molecule has 1 aliphatic carbocycles. The van der Waals surface area contributed by atoms with E-state index in [9.17, 15) is 4.79 Å². The Kier molecular flexibility index (Phi) is 5.10. The van der Waals surface area contributed by atoms with Gasteiger partial charge in [0.25, 0.3) is 5.91 Å². The van der Waals surface area contributed by atoms with Crippen LogP contribution in [0.15, 0.2) is 18.2 Å². The lowest BCUT2D eigenvalue weighted by Crippen LogP contribution is -2.35. The van der Waals surface area contributed by atoms with Crippen molar-refractivity contribution in [1.29, 1.82) is 0 Å². The number of rotatable bonds is 4. The second-order valence-electron chi connectivity index (χ2n) is 6.18. The lowest BCUT2D eigenvalue weighted by atomic mass is 9.78. The van der Waals surface area contributed by atoms with Crippen molar-refractivity contribution in [3.8, 4) is 0 Å². The first kappa shape index (κ1) is 15.7. The van der Waals surface area contributed by atoms with E-state index in [4.69, 9.17) is 5.73 Å². The predicted octanol–water partition coefficient (Wildman–Crippen LogP) is 3.26. The summed E-state index contributed by atoms with van der Waals surface area (Å²) in [6.07, 6.45) is 3.71. The maximum atomic E-state index is 11.9. The van der Waals surface area contributed by atoms with Crippen LogP contribution in [0.25, 0.3) is 0 Å². The van der Waals surface area contributed by atoms with Crippen LogP contribution in [0.4, 0.5) is 11.4 Å². The predicted molar refractivity (Wildman–Crippen MR) is 88.5 cm³/mol. The number of nitrogen functional groups attached to an aromatic ring is 1. The zero-order valence-electron chi connectivity index (χ0n) is 13.3. The van der Waals surface area contributed by atoms with E-state index in [0.717, 1.165) is 18.0 Å². The van der Waals surface area contributed by atoms with Gasteiger partial charge in [0.15, 0.2) is 0 Å². The molecular weight excluding hydrogens is 262 g/mol. The van der Waals surface area contributed by atoms with Crippen LogP contribution in [0.3, 0.4) is 0 Å². The largest absolute Gasteiger partial charge is 0.397 e. The van der Waals surface area contributed by atoms with Crippen LogP contribution in [-0.4, -0.2) is 18.5 Å². The summed E-state index contributed by atoms with van der Waals surface area (Å²) >= 11 is 0. The Hall–Kier alpha value is -1.71. The Morgan fingerprint density at radius 1 is 1.33 bits per heavy atom. The number of hydrogen-bond acceptors (Lipinski definition) is 3. The van der Waals surface area contributed by atoms with Gasteiger partial charge in [-0.15, -0.1) is 0 Å². The van der Waals surface area contributed by atoms with Crippen molar-refractivity contribution in [1.82, 2.24) is 5.32 Å². The van der Waals surface area contributed by atoms with Gasteiger partial charge in [-0.05, 0) is 43.4 Å². The summed E-state index contributed by atoms with van der Waals surface area (Å²) in [5.74, 6) is 1.29. The molecule has 1 fully saturated rings. The highest BCUT2D eigenvalue weighted by molar-refractivity contribution is 5.96. The average molecular weight is 289 g/mol. The zero-order valence-corrected chi connectivity index (χ0v) is 13.3. The molecule has 4 N–H and O–H groups in total. The van der Waals surface area contributed by atoms with Crippen LogP contribution < -0.4 is 16.4 Å². The van der Waals surface area contributed by atoms with Gasteiger partial charge in [-0.2, -0.15) is 0 Å². The smallest absolute Gasteiger partial charge is 0.251 e. The fourth-order valence-corrected chi connectivity index (χ4v) is 3.07. The van der Waals surface area contributed by atoms with Crippen molar-refractivity contribution < 1.29 is 4.79 Å². The monoisotopic (exact) mass is 289 g/mol. The highest BCUT2D eigenvalue weighted by atomic mass is 16.1. The highest BCUT2D eigenvalue weighted by Crippen LogP contribution is 2.33. The van der Waals surface area contributed by atoms with Gasteiger partial charge in [0.05, 0.1) is 11.4 Å². The SMILES string of the molecule is CCNC(=O)c1ccc(N)c(NC2CCCC(C)C2C)c1. The molecule has 4 nitrogen and oxygen atoms in total. The molecule has 0 radical (unpaired) electrons. The standard InChI is InChI=1S/C17H27N3O/c1-4-19-17(21)13-8-9-14(18)16(10-13)20-15-7-5-6-11(2)12(15)3/h8-12,15,20H,4-7,18H2,1-3H3,(H,19,21). The molecule has 4 heteroatoms. The normalized spacial score (nSPS) is 25.4. The van der Waals surface area contributed by atoms with E-state index in [2.05, 4.69) is 24.5 Å². The fourth-order valence-electron chi connectivity index (χ4n) is 3.07. The van der Waals surface area contributed by atoms with Gasteiger partial charge in [-0.3, -0.25) is 4.79 Å². The number of anilines is 2. The van der Waals surface area contributed by atoms with Crippen molar-refractivity contribution in [3.05, 3.63) is 23.8 Å². The van der Waals surface area contributed by atoms with Crippen LogP contribution in [0.1, 0.15) is 50.4 Å². The molecule has 1 amide bonds. The van der Waals surface area contributed by atoms with Gasteiger partial charge in [0.1, 0.15) is 0 Å². The van der Waals surface area contributed by atoms with Crippen LogP contribution in [0.2, 0.25) is 0 Å². The van der Waals surface area contributed by atoms with Gasteiger partial charge in [-0.1, -0.05) is 26.7 Å². The van der Waals surface area contributed by atoms with Crippen LogP contribution in [0, 0.1) is 11.8 Å². The highest BCUT2D eigenvalue weighted by Gasteiger charge is 2.27. The minimum absolute atomic E-state index is 0.0504. The molecule has 116 valence electrons. The van der Waals surface area contributed by atoms with Gasteiger partial charge >= 0.3 is 0 Å². The quantitative estimate of drug-likeness (QED) is 0.745. The van der Waals surface area contributed by atoms with Crippen molar-refractivity contribution in [2.45, 2.75) is 46.1 Å². The number of carbonyl (C=O) groups excluding carboxylic acids is 1. The van der Waals surface area contributed by atoms with Crippen molar-refractivity contribution >= 4 is 17.3 Å². The molecule has 1 aromatic rings. The molecule has 21 heavy (non-hydrogen) atoms. The Morgan fingerprint density at radius 2 is 2.10 bits per heavy atom. The van der Waals surface area contributed by atoms with Crippen molar-refractivity contribution in [2.75, 3.05) is 17.6 Å². The number of nitrogens with one attached hydrogen (secondary N) is 2. The van der Waals surface area contributed by atoms with E-state index < -0.39 is 0 Å². The summed E-state index contributed by atoms with van der Waals surface area (Å²) in [4.78, 5) is 11.9. The number of benzene rings is 1. The van der Waals surface area contributed by atoms with Gasteiger partial charge in [-0.25, -0.2) is 0 Å². The second kappa shape index (κ2) is 6.83. The minimum atomic E-state index is -0.0504. The number of nitrogens with two attached hydrogens (primary N) is 1. The first-order chi connectivity index (χ1) is 10.0. The molecule has 1 aliphatic rings. The van der Waals surface area contributed by atoms with Crippen LogP contribution in [-0.2, 0) is 0 Å². The minimum Gasteiger partial charge on any atom is -0.397 e. The number of amides is 1. The first-order valence-corrected chi connectivity index (χ1v) is 7.97. The molecule has 2 rings (SSSR count). The Balaban J connectivity index is 2.15. The maximum Gasteiger partial charge on any atom is 0.251 e. The third-order valence-corrected chi connectivity index (χ3v) is 4.70. The van der Waals surface area contributed by atoms with Gasteiger partial charge in [0, 0.05) is 18.2 Å². The molecule has 0 bridgehead atoms. The maximum absolute atomic E-state index is 11.9. The van der Waals surface area contributed by atoms with E-state index in [-0.39, 0.29) is 5.91 Å². The average Bonchev–Trinajstić information content (AvgIpc) is 2.46. The molecule has 1 saturated carbocycles. The summed E-state index contributed by atoms with van der Waals surface area (Å²) in [5, 5.41) is 6.38. The summed E-state index contributed by atoms with van der Waals surface area (Å²) in [6, 6.07) is 5.88. The Labute approximate surface area is 127 Å². The van der Waals surface area contributed by atoms with Gasteiger partial charge in [0.2, 0.25) is 0 Å². The van der Waals surface area contributed by atoms with E-state index in [0.29, 0.717) is 29.8 Å². The third kappa shape index (κ3) is 3.69. The van der Waals surface area contributed by atoms with E-state index in [1.54, 1.807) is 6.07 Å². The molecule has 0 aromatic heterocycles. The van der Waals surface area contributed by atoms with Gasteiger partial charge < -0.3 is 16.4 Å². The van der Waals surface area contributed by atoms with Crippen LogP contribution in [0.5, 0.6) is 0 Å². The van der Waals surface area contributed by atoms with Crippen molar-refractivity contribution in [3.63, 3.8) is 0 Å². The summed E-state index contributed by atoms with van der Waals surface area (Å²) in [5.41, 5.74) is 8.31. The molecule has 0 heterocycles. The lowest BCUT2D eigenvalue weighted by molar-refractivity contribution is 0.0956. The molecule has 1 aromatic carbocycles. The zero-order chi connectivity index (χ0) is 15.4. The number of carbonyl (C=O) groups is 1. The Morgan fingerprint density at radius 3 is 2.81 bits per heavy atom. The van der Waals surface area contributed by atoms with E-state index >= 15 is 0 Å². The van der Waals surface area contributed by atoms with Crippen molar-refractivity contribution in [2.24, 2.45) is 11.8 Å². The first-order valence-electron chi connectivity index (χ1n) is 7.97. The molecule has 0 saturated heterocycles. The molecule has 3 unspecified atom stereocenters. The van der Waals surface area contributed by atoms with E-state index in [1.807, 2.05) is 19.1 Å². The fraction of sp³-hybridized carbons (Fsp3) is 0.588. The Bertz CT molecular complexity index is 501. The number of hydrogen-bond donors (Lipinski definition) is 3. The summed E-state index contributed by atoms with van der Waals surface area (Å²) in [7, 11) is 0. The molecule has 3 atom stereocenters. The topological polar surface area (TPSA) is 67.2 Å². The summed E-state index contributed by atoms with van der Waals surface area (Å²) < 4.78 is 0. The molecule has 0 aliphatic heterocycles. The third-order valence-electron chi connectivity index (χ3n) is 4.70. The van der Waals surface area contributed by atoms with Crippen LogP contribution >= 0.6 is 0 Å².